The van der Waals surface area contributed by atoms with E-state index in [1.165, 1.54) is 17.3 Å². The minimum atomic E-state index is -0.418. The molecule has 1 amide bonds. The molecular weight excluding hydrogens is 494 g/mol. The van der Waals surface area contributed by atoms with Crippen molar-refractivity contribution in [3.63, 3.8) is 0 Å². The molecule has 4 rings (SSSR count). The Morgan fingerprint density at radius 1 is 0.811 bits per heavy atom. The highest BCUT2D eigenvalue weighted by Gasteiger charge is 2.23. The smallest absolute Gasteiger partial charge is 0.242 e. The van der Waals surface area contributed by atoms with E-state index in [4.69, 9.17) is 12.2 Å². The molecule has 0 saturated heterocycles. The lowest BCUT2D eigenvalue weighted by Gasteiger charge is -2.20. The molecule has 0 radical (unpaired) electrons. The summed E-state index contributed by atoms with van der Waals surface area (Å²) >= 11 is 7.04. The zero-order valence-corrected chi connectivity index (χ0v) is 22.9. The summed E-state index contributed by atoms with van der Waals surface area (Å²) in [5, 5.41) is 9.78. The van der Waals surface area contributed by atoms with Crippen LogP contribution in [-0.4, -0.2) is 11.0 Å². The average Bonchev–Trinajstić information content (AvgIpc) is 2.90. The van der Waals surface area contributed by atoms with E-state index in [2.05, 4.69) is 35.9 Å². The van der Waals surface area contributed by atoms with Crippen LogP contribution in [0.15, 0.2) is 102 Å². The predicted molar refractivity (Wildman–Crippen MR) is 162 cm³/mol. The Labute approximate surface area is 228 Å². The number of carbonyl (C=O) groups is 1. The van der Waals surface area contributed by atoms with E-state index in [-0.39, 0.29) is 5.91 Å². The van der Waals surface area contributed by atoms with E-state index in [0.717, 1.165) is 45.1 Å². The van der Waals surface area contributed by atoms with Crippen LogP contribution < -0.4 is 16.0 Å². The second kappa shape index (κ2) is 12.6. The summed E-state index contributed by atoms with van der Waals surface area (Å²) < 4.78 is 0. The van der Waals surface area contributed by atoms with E-state index in [9.17, 15) is 4.79 Å². The van der Waals surface area contributed by atoms with E-state index in [1.807, 2.05) is 97.9 Å². The van der Waals surface area contributed by atoms with Gasteiger partial charge in [0.2, 0.25) is 5.91 Å². The summed E-state index contributed by atoms with van der Waals surface area (Å²) in [5.74, 6) is -0.0462. The summed E-state index contributed by atoms with van der Waals surface area (Å²) in [6.07, 6.45) is 0.852. The number of benzene rings is 4. The number of carbonyl (C=O) groups excluding carboxylic acids is 1. The number of hydrogen-bond donors (Lipinski definition) is 3. The van der Waals surface area contributed by atoms with Crippen LogP contribution in [0.3, 0.4) is 0 Å². The third-order valence-corrected chi connectivity index (χ3v) is 7.44. The molecule has 0 aliphatic rings. The number of amides is 1. The van der Waals surface area contributed by atoms with Crippen LogP contribution in [0.1, 0.15) is 34.4 Å². The van der Waals surface area contributed by atoms with Crippen LogP contribution >= 0.6 is 24.0 Å². The molecule has 4 aromatic rings. The molecule has 37 heavy (non-hydrogen) atoms. The molecule has 4 aromatic carbocycles. The van der Waals surface area contributed by atoms with Crippen LogP contribution in [0.5, 0.6) is 0 Å². The topological polar surface area (TPSA) is 53.2 Å². The van der Waals surface area contributed by atoms with Crippen LogP contribution in [0.4, 0.5) is 17.1 Å². The Morgan fingerprint density at radius 3 is 2.24 bits per heavy atom. The number of nitrogens with one attached hydrogen (secondary N) is 3. The minimum Gasteiger partial charge on any atom is -0.332 e. The molecular formula is C31H31N3OS2. The lowest BCUT2D eigenvalue weighted by Crippen LogP contribution is -2.20. The first-order chi connectivity index (χ1) is 17.9. The van der Waals surface area contributed by atoms with Gasteiger partial charge in [0.25, 0.3) is 0 Å². The molecule has 0 spiro atoms. The number of hydrogen-bond acceptors (Lipinski definition) is 3. The van der Waals surface area contributed by atoms with Crippen molar-refractivity contribution in [2.45, 2.75) is 37.3 Å². The summed E-state index contributed by atoms with van der Waals surface area (Å²) in [7, 11) is 0. The molecule has 0 fully saturated rings. The van der Waals surface area contributed by atoms with Crippen LogP contribution in [0, 0.1) is 13.8 Å². The lowest BCUT2D eigenvalue weighted by atomic mass is 10.1. The maximum atomic E-state index is 13.6. The van der Waals surface area contributed by atoms with Crippen LogP contribution in [0.2, 0.25) is 0 Å². The first kappa shape index (κ1) is 26.5. The summed E-state index contributed by atoms with van der Waals surface area (Å²) in [6.45, 7) is 6.18. The third kappa shape index (κ3) is 7.21. The average molecular weight is 526 g/mol. The molecule has 0 aromatic heterocycles. The van der Waals surface area contributed by atoms with Gasteiger partial charge in [-0.25, -0.2) is 0 Å². The van der Waals surface area contributed by atoms with Gasteiger partial charge in [-0.2, -0.15) is 0 Å². The van der Waals surface area contributed by atoms with E-state index < -0.39 is 5.25 Å². The molecule has 0 aliphatic carbocycles. The normalized spacial score (nSPS) is 11.4. The lowest BCUT2D eigenvalue weighted by molar-refractivity contribution is -0.115. The molecule has 188 valence electrons. The van der Waals surface area contributed by atoms with Gasteiger partial charge in [-0.1, -0.05) is 79.2 Å². The molecule has 4 nitrogen and oxygen atoms in total. The summed E-state index contributed by atoms with van der Waals surface area (Å²) in [5.41, 5.74) is 7.02. The number of aryl methyl sites for hydroxylation is 3. The van der Waals surface area contributed by atoms with Crippen molar-refractivity contribution >= 4 is 52.1 Å². The highest BCUT2D eigenvalue weighted by atomic mass is 32.2. The zero-order valence-electron chi connectivity index (χ0n) is 21.2. The molecule has 0 heterocycles. The molecule has 3 N–H and O–H groups in total. The monoisotopic (exact) mass is 525 g/mol. The Bertz CT molecular complexity index is 1370. The van der Waals surface area contributed by atoms with Gasteiger partial charge in [0.15, 0.2) is 5.11 Å². The Kier molecular flexibility index (Phi) is 8.99. The number of thioether (sulfide) groups is 1. The fourth-order valence-electron chi connectivity index (χ4n) is 4.01. The highest BCUT2D eigenvalue weighted by Crippen LogP contribution is 2.37. The van der Waals surface area contributed by atoms with Crippen LogP contribution in [-0.2, 0) is 11.2 Å². The number of rotatable bonds is 8. The maximum absolute atomic E-state index is 13.6. The van der Waals surface area contributed by atoms with Crippen molar-refractivity contribution in [1.82, 2.24) is 0 Å². The van der Waals surface area contributed by atoms with E-state index in [1.54, 1.807) is 0 Å². The number of anilines is 3. The van der Waals surface area contributed by atoms with Gasteiger partial charge in [0.1, 0.15) is 5.25 Å². The van der Waals surface area contributed by atoms with E-state index in [0.29, 0.717) is 5.11 Å². The number of para-hydroxylation sites is 1. The number of thiocarbonyl (C=S) groups is 1. The van der Waals surface area contributed by atoms with Gasteiger partial charge < -0.3 is 16.0 Å². The van der Waals surface area contributed by atoms with Crippen molar-refractivity contribution < 1.29 is 4.79 Å². The first-order valence-electron chi connectivity index (χ1n) is 12.3. The quantitative estimate of drug-likeness (QED) is 0.160. The Hall–Kier alpha value is -3.61. The largest absolute Gasteiger partial charge is 0.332 e. The van der Waals surface area contributed by atoms with Gasteiger partial charge in [-0.3, -0.25) is 4.79 Å². The second-order valence-corrected chi connectivity index (χ2v) is 10.4. The van der Waals surface area contributed by atoms with Crippen molar-refractivity contribution in [3.05, 3.63) is 119 Å². The van der Waals surface area contributed by atoms with Gasteiger partial charge in [-0.15, -0.1) is 11.8 Å². The highest BCUT2D eigenvalue weighted by molar-refractivity contribution is 8.00. The molecule has 1 atom stereocenters. The maximum Gasteiger partial charge on any atom is 0.242 e. The van der Waals surface area contributed by atoms with Crippen molar-refractivity contribution in [2.24, 2.45) is 0 Å². The minimum absolute atomic E-state index is 0.0462. The zero-order chi connectivity index (χ0) is 26.2. The van der Waals surface area contributed by atoms with Crippen LogP contribution in [0.25, 0.3) is 0 Å². The molecule has 1 unspecified atom stereocenters. The van der Waals surface area contributed by atoms with Gasteiger partial charge in [-0.05, 0) is 79.5 Å². The molecule has 0 saturated carbocycles. The molecule has 6 heteroatoms. The first-order valence-corrected chi connectivity index (χ1v) is 13.6. The standard InChI is InChI=1S/C31H31N3OS2/c1-4-23-13-8-10-22(3)28(23)34-30(35)29(24-11-6-5-7-12-24)37-27-15-9-14-26(20-27)33-31(36)32-25-18-16-21(2)17-19-25/h5-20,29H,4H2,1-3H3,(H,34,35)(H2,32,33,36). The fraction of sp³-hybridized carbons (Fsp3) is 0.161. The third-order valence-electron chi connectivity index (χ3n) is 5.98. The van der Waals surface area contributed by atoms with Gasteiger partial charge in [0.05, 0.1) is 0 Å². The summed E-state index contributed by atoms with van der Waals surface area (Å²) in [4.78, 5) is 14.6. The Balaban J connectivity index is 1.52. The van der Waals surface area contributed by atoms with Crippen molar-refractivity contribution in [3.8, 4) is 0 Å². The predicted octanol–water partition coefficient (Wildman–Crippen LogP) is 8.15. The van der Waals surface area contributed by atoms with E-state index >= 15 is 0 Å². The van der Waals surface area contributed by atoms with Crippen molar-refractivity contribution in [1.29, 1.82) is 0 Å². The van der Waals surface area contributed by atoms with Gasteiger partial charge >= 0.3 is 0 Å². The summed E-state index contributed by atoms with van der Waals surface area (Å²) in [6, 6.07) is 32.1. The molecule has 0 bridgehead atoms. The second-order valence-electron chi connectivity index (χ2n) is 8.83. The SMILES string of the molecule is CCc1cccc(C)c1NC(=O)C(Sc1cccc(NC(=S)Nc2ccc(C)cc2)c1)c1ccccc1. The molecule has 0 aliphatic heterocycles. The van der Waals surface area contributed by atoms with Crippen molar-refractivity contribution in [2.75, 3.05) is 16.0 Å². The van der Waals surface area contributed by atoms with Gasteiger partial charge in [0, 0.05) is 22.0 Å². The Morgan fingerprint density at radius 2 is 1.51 bits per heavy atom. The fourth-order valence-corrected chi connectivity index (χ4v) is 5.32.